The maximum atomic E-state index is 5.93. The molecule has 82 valence electrons. The zero-order valence-electron chi connectivity index (χ0n) is 7.15. The van der Waals surface area contributed by atoms with Crippen molar-refractivity contribution >= 4 is 89.1 Å². The Morgan fingerprint density at radius 3 is 1.20 bits per heavy atom. The molecule has 0 nitrogen and oxygen atoms in total. The van der Waals surface area contributed by atoms with Crippen LogP contribution in [0.25, 0.3) is 0 Å². The minimum absolute atomic E-state index is 0.0784. The van der Waals surface area contributed by atoms with E-state index in [0.29, 0.717) is 0 Å². The standard InChI is InChI=1S/C7H2BCl7/c8-7(14,15)1-2(9)4(11)6(13)5(12)3(1)10/h8H2. The van der Waals surface area contributed by atoms with E-state index in [4.69, 9.17) is 81.2 Å². The summed E-state index contributed by atoms with van der Waals surface area (Å²) in [5.41, 5.74) is 0.244. The largest absolute Gasteiger partial charge is 0.154 e. The van der Waals surface area contributed by atoms with Crippen molar-refractivity contribution in [3.05, 3.63) is 30.7 Å². The van der Waals surface area contributed by atoms with E-state index in [0.717, 1.165) is 0 Å². The van der Waals surface area contributed by atoms with Crippen LogP contribution in [-0.4, -0.2) is 7.85 Å². The van der Waals surface area contributed by atoms with Crippen LogP contribution in [0.2, 0.25) is 25.1 Å². The molecule has 0 unspecified atom stereocenters. The Balaban J connectivity index is 3.68. The molecule has 15 heavy (non-hydrogen) atoms. The summed E-state index contributed by atoms with van der Waals surface area (Å²) < 4.78 is -1.30. The smallest absolute Gasteiger partial charge is 0.107 e. The fraction of sp³-hybridized carbons (Fsp3) is 0.143. The summed E-state index contributed by atoms with van der Waals surface area (Å²) in [5, 5.41) is 0.437. The van der Waals surface area contributed by atoms with Gasteiger partial charge in [0.1, 0.15) is 4.23 Å². The number of halogens is 7. The normalized spacial score (nSPS) is 11.9. The summed E-state index contributed by atoms with van der Waals surface area (Å²) in [5.74, 6) is 0. The fourth-order valence-electron chi connectivity index (χ4n) is 0.990. The number of rotatable bonds is 1. The monoisotopic (exact) mass is 342 g/mol. The molecule has 1 rings (SSSR count). The summed E-state index contributed by atoms with van der Waals surface area (Å²) in [4.78, 5) is 0. The minimum Gasteiger partial charge on any atom is -0.107 e. The average molecular weight is 345 g/mol. The van der Waals surface area contributed by atoms with Crippen molar-refractivity contribution in [2.24, 2.45) is 0 Å². The molecule has 1 aromatic carbocycles. The Kier molecular flexibility index (Phi) is 4.69. The Labute approximate surface area is 123 Å². The molecular formula is C7H2BCl7. The molecule has 0 aliphatic rings. The molecular weight excluding hydrogens is 343 g/mol. The zero-order valence-corrected chi connectivity index (χ0v) is 12.4. The van der Waals surface area contributed by atoms with E-state index in [1.54, 1.807) is 0 Å². The van der Waals surface area contributed by atoms with Gasteiger partial charge in [-0.25, -0.2) is 0 Å². The Bertz CT molecular complexity index is 380. The molecule has 0 amide bonds. The van der Waals surface area contributed by atoms with Crippen molar-refractivity contribution in [1.82, 2.24) is 0 Å². The predicted molar refractivity (Wildman–Crippen MR) is 73.4 cm³/mol. The lowest BCUT2D eigenvalue weighted by molar-refractivity contribution is 1.24. The van der Waals surface area contributed by atoms with Crippen molar-refractivity contribution in [2.75, 3.05) is 0 Å². The van der Waals surface area contributed by atoms with Crippen molar-refractivity contribution in [1.29, 1.82) is 0 Å². The number of hydrogen-bond acceptors (Lipinski definition) is 0. The average Bonchev–Trinajstić information content (AvgIpc) is 2.09. The molecule has 0 atom stereocenters. The maximum Gasteiger partial charge on any atom is 0.154 e. The molecule has 0 radical (unpaired) electrons. The van der Waals surface area contributed by atoms with Crippen molar-refractivity contribution < 1.29 is 0 Å². The first-order valence-corrected chi connectivity index (χ1v) is 6.22. The number of benzene rings is 1. The van der Waals surface area contributed by atoms with Crippen LogP contribution in [0.15, 0.2) is 0 Å². The van der Waals surface area contributed by atoms with Crippen LogP contribution in [0.4, 0.5) is 0 Å². The highest BCUT2D eigenvalue weighted by Gasteiger charge is 2.30. The van der Waals surface area contributed by atoms with Crippen LogP contribution in [0.1, 0.15) is 5.56 Å². The van der Waals surface area contributed by atoms with Crippen LogP contribution in [-0.2, 0) is 4.23 Å². The second kappa shape index (κ2) is 4.90. The topological polar surface area (TPSA) is 0 Å². The van der Waals surface area contributed by atoms with Crippen molar-refractivity contribution in [3.63, 3.8) is 0 Å². The van der Waals surface area contributed by atoms with Gasteiger partial charge in [-0.1, -0.05) is 58.0 Å². The summed E-state index contributed by atoms with van der Waals surface area (Å²) >= 11 is 41.1. The van der Waals surface area contributed by atoms with E-state index >= 15 is 0 Å². The van der Waals surface area contributed by atoms with Gasteiger partial charge in [0.2, 0.25) is 0 Å². The van der Waals surface area contributed by atoms with Crippen LogP contribution in [0, 0.1) is 0 Å². The van der Waals surface area contributed by atoms with Crippen LogP contribution >= 0.6 is 81.2 Å². The van der Waals surface area contributed by atoms with Gasteiger partial charge in [-0.15, -0.1) is 23.2 Å². The van der Waals surface area contributed by atoms with Gasteiger partial charge in [0.25, 0.3) is 0 Å². The van der Waals surface area contributed by atoms with Crippen LogP contribution in [0.5, 0.6) is 0 Å². The van der Waals surface area contributed by atoms with Gasteiger partial charge < -0.3 is 0 Å². The lowest BCUT2D eigenvalue weighted by atomic mass is 9.95. The van der Waals surface area contributed by atoms with E-state index in [-0.39, 0.29) is 30.7 Å². The Morgan fingerprint density at radius 1 is 0.667 bits per heavy atom. The van der Waals surface area contributed by atoms with Crippen LogP contribution < -0.4 is 0 Å². The first-order chi connectivity index (χ1) is 6.68. The Morgan fingerprint density at radius 2 is 0.933 bits per heavy atom. The quantitative estimate of drug-likeness (QED) is 0.285. The van der Waals surface area contributed by atoms with E-state index < -0.39 is 4.23 Å². The van der Waals surface area contributed by atoms with Gasteiger partial charge in [-0.2, -0.15) is 0 Å². The molecule has 0 saturated carbocycles. The van der Waals surface area contributed by atoms with E-state index in [1.165, 1.54) is 7.85 Å². The summed E-state index contributed by atoms with van der Waals surface area (Å²) in [6, 6.07) is 0. The van der Waals surface area contributed by atoms with Crippen molar-refractivity contribution in [2.45, 2.75) is 4.23 Å². The van der Waals surface area contributed by atoms with Gasteiger partial charge in [0, 0.05) is 5.56 Å². The third-order valence-electron chi connectivity index (χ3n) is 1.65. The van der Waals surface area contributed by atoms with E-state index in [1.807, 2.05) is 0 Å². The number of hydrogen-bond donors (Lipinski definition) is 0. The maximum absolute atomic E-state index is 5.93. The molecule has 0 aliphatic carbocycles. The molecule has 8 heteroatoms. The molecule has 0 heterocycles. The lowest BCUT2D eigenvalue weighted by Gasteiger charge is -2.20. The first kappa shape index (κ1) is 14.4. The first-order valence-electron chi connectivity index (χ1n) is 3.57. The summed E-state index contributed by atoms with van der Waals surface area (Å²) in [6.45, 7) is 0. The molecule has 0 fully saturated rings. The Hall–Kier alpha value is 1.31. The molecule has 0 aliphatic heterocycles. The summed E-state index contributed by atoms with van der Waals surface area (Å²) in [7, 11) is 1.50. The molecule has 0 spiro atoms. The predicted octanol–water partition coefficient (Wildman–Crippen LogP) is 5.17. The van der Waals surface area contributed by atoms with Crippen LogP contribution in [0.3, 0.4) is 0 Å². The van der Waals surface area contributed by atoms with E-state index in [2.05, 4.69) is 0 Å². The van der Waals surface area contributed by atoms with Gasteiger partial charge >= 0.3 is 0 Å². The molecule has 0 saturated heterocycles. The molecule has 0 aromatic heterocycles. The minimum atomic E-state index is -1.30. The molecule has 0 bridgehead atoms. The molecule has 1 aromatic rings. The zero-order chi connectivity index (χ0) is 12.0. The second-order valence-corrected chi connectivity index (χ2v) is 6.43. The highest BCUT2D eigenvalue weighted by atomic mass is 35.5. The highest BCUT2D eigenvalue weighted by Crippen LogP contribution is 2.49. The van der Waals surface area contributed by atoms with Gasteiger partial charge in [0.05, 0.1) is 25.1 Å². The second-order valence-electron chi connectivity index (χ2n) is 2.83. The SMILES string of the molecule is BC(Cl)(Cl)c1c(Cl)c(Cl)c(Cl)c(Cl)c1Cl. The van der Waals surface area contributed by atoms with Gasteiger partial charge in [-0.3, -0.25) is 0 Å². The molecule has 0 N–H and O–H groups in total. The highest BCUT2D eigenvalue weighted by molar-refractivity contribution is 6.66. The van der Waals surface area contributed by atoms with Crippen molar-refractivity contribution in [3.8, 4) is 0 Å². The fourth-order valence-corrected chi connectivity index (χ4v) is 3.08. The third kappa shape index (κ3) is 2.77. The van der Waals surface area contributed by atoms with Gasteiger partial charge in [-0.05, 0) is 0 Å². The number of alkyl halides is 2. The summed E-state index contributed by atoms with van der Waals surface area (Å²) in [6.07, 6.45) is 0. The van der Waals surface area contributed by atoms with E-state index in [9.17, 15) is 0 Å². The lowest BCUT2D eigenvalue weighted by Crippen LogP contribution is -2.12. The van der Waals surface area contributed by atoms with Gasteiger partial charge in [0.15, 0.2) is 7.85 Å². The third-order valence-corrected chi connectivity index (χ3v) is 4.30.